The molecule has 2 rings (SSSR count). The third-order valence-electron chi connectivity index (χ3n) is 3.11. The van der Waals surface area contributed by atoms with Crippen LogP contribution < -0.4 is 15.8 Å². The first-order valence-corrected chi connectivity index (χ1v) is 7.27. The number of rotatable bonds is 4. The largest absolute Gasteiger partial charge is 0.496 e. The molecule has 0 aliphatic rings. The first kappa shape index (κ1) is 15.4. The van der Waals surface area contributed by atoms with Crippen molar-refractivity contribution in [3.8, 4) is 5.75 Å². The summed E-state index contributed by atoms with van der Waals surface area (Å²) in [7, 11) is 1.59. The lowest BCUT2D eigenvalue weighted by Gasteiger charge is -2.11. The number of carbonyl (C=O) groups excluding carboxylic acids is 1. The van der Waals surface area contributed by atoms with E-state index in [2.05, 4.69) is 21.2 Å². The topological polar surface area (TPSA) is 64.3 Å². The molecule has 0 fully saturated rings. The molecule has 0 saturated heterocycles. The third kappa shape index (κ3) is 3.76. The minimum atomic E-state index is -0.147. The van der Waals surface area contributed by atoms with Crippen LogP contribution in [0.1, 0.15) is 21.5 Å². The summed E-state index contributed by atoms with van der Waals surface area (Å²) in [4.78, 5) is 12.2. The van der Waals surface area contributed by atoms with E-state index in [-0.39, 0.29) is 5.91 Å². The highest BCUT2D eigenvalue weighted by Gasteiger charge is 2.11. The zero-order chi connectivity index (χ0) is 15.4. The number of anilines is 1. The summed E-state index contributed by atoms with van der Waals surface area (Å²) in [6.45, 7) is 2.33. The molecular weight excluding hydrogens is 332 g/mol. The number of ether oxygens (including phenoxy) is 1. The number of benzene rings is 2. The standard InChI is InChI=1S/C16H17BrN2O2/c1-10-3-5-13(14(17)7-10)16(20)19-9-11-8-12(18)4-6-15(11)21-2/h3-8H,9,18H2,1-2H3,(H,19,20). The molecule has 3 N–H and O–H groups in total. The van der Waals surface area contributed by atoms with Gasteiger partial charge in [-0.3, -0.25) is 4.79 Å². The van der Waals surface area contributed by atoms with Crippen molar-refractivity contribution in [2.24, 2.45) is 0 Å². The average molecular weight is 349 g/mol. The van der Waals surface area contributed by atoms with Crippen LogP contribution in [-0.2, 0) is 6.54 Å². The van der Waals surface area contributed by atoms with Gasteiger partial charge in [-0.2, -0.15) is 0 Å². The quantitative estimate of drug-likeness (QED) is 0.833. The zero-order valence-corrected chi connectivity index (χ0v) is 13.5. The van der Waals surface area contributed by atoms with E-state index in [9.17, 15) is 4.79 Å². The maximum absolute atomic E-state index is 12.2. The average Bonchev–Trinajstić information content (AvgIpc) is 2.45. The first-order chi connectivity index (χ1) is 10.0. The molecule has 0 unspecified atom stereocenters. The summed E-state index contributed by atoms with van der Waals surface area (Å²) < 4.78 is 6.04. The second-order valence-electron chi connectivity index (χ2n) is 4.74. The number of methoxy groups -OCH3 is 1. The van der Waals surface area contributed by atoms with Gasteiger partial charge in [0.2, 0.25) is 0 Å². The molecule has 1 amide bonds. The van der Waals surface area contributed by atoms with Gasteiger partial charge in [0, 0.05) is 22.3 Å². The van der Waals surface area contributed by atoms with E-state index < -0.39 is 0 Å². The van der Waals surface area contributed by atoms with Gasteiger partial charge in [0.05, 0.1) is 12.7 Å². The Labute approximate surface area is 132 Å². The molecule has 0 aliphatic heterocycles. The highest BCUT2D eigenvalue weighted by atomic mass is 79.9. The molecule has 0 atom stereocenters. The molecule has 0 spiro atoms. The van der Waals surface area contributed by atoms with Gasteiger partial charge in [0.25, 0.3) is 5.91 Å². The van der Waals surface area contributed by atoms with Crippen LogP contribution >= 0.6 is 15.9 Å². The van der Waals surface area contributed by atoms with E-state index in [1.54, 1.807) is 31.4 Å². The van der Waals surface area contributed by atoms with Crippen LogP contribution in [0.2, 0.25) is 0 Å². The summed E-state index contributed by atoms with van der Waals surface area (Å²) in [5.41, 5.74) is 8.94. The van der Waals surface area contributed by atoms with Crippen LogP contribution in [0.15, 0.2) is 40.9 Å². The molecule has 0 aromatic heterocycles. The van der Waals surface area contributed by atoms with Crippen LogP contribution in [0.25, 0.3) is 0 Å². The van der Waals surface area contributed by atoms with Crippen LogP contribution in [0.3, 0.4) is 0 Å². The maximum Gasteiger partial charge on any atom is 0.252 e. The van der Waals surface area contributed by atoms with E-state index in [4.69, 9.17) is 10.5 Å². The highest BCUT2D eigenvalue weighted by molar-refractivity contribution is 9.10. The highest BCUT2D eigenvalue weighted by Crippen LogP contribution is 2.22. The van der Waals surface area contributed by atoms with E-state index in [1.165, 1.54) is 0 Å². The van der Waals surface area contributed by atoms with Gasteiger partial charge >= 0.3 is 0 Å². The Morgan fingerprint density at radius 3 is 2.71 bits per heavy atom. The third-order valence-corrected chi connectivity index (χ3v) is 3.77. The fraction of sp³-hybridized carbons (Fsp3) is 0.188. The lowest BCUT2D eigenvalue weighted by Crippen LogP contribution is -2.23. The molecule has 0 radical (unpaired) electrons. The van der Waals surface area contributed by atoms with Crippen molar-refractivity contribution in [2.45, 2.75) is 13.5 Å². The number of amides is 1. The van der Waals surface area contributed by atoms with Gasteiger partial charge < -0.3 is 15.8 Å². The number of hydrogen-bond donors (Lipinski definition) is 2. The van der Waals surface area contributed by atoms with Gasteiger partial charge in [0.15, 0.2) is 0 Å². The SMILES string of the molecule is COc1ccc(N)cc1CNC(=O)c1ccc(C)cc1Br. The Morgan fingerprint density at radius 2 is 2.05 bits per heavy atom. The summed E-state index contributed by atoms with van der Waals surface area (Å²) in [5, 5.41) is 2.87. The minimum Gasteiger partial charge on any atom is -0.496 e. The van der Waals surface area contributed by atoms with Gasteiger partial charge in [0.1, 0.15) is 5.75 Å². The summed E-state index contributed by atoms with van der Waals surface area (Å²) in [5.74, 6) is 0.554. The number of hydrogen-bond acceptors (Lipinski definition) is 3. The lowest BCUT2D eigenvalue weighted by molar-refractivity contribution is 0.0950. The Morgan fingerprint density at radius 1 is 1.29 bits per heavy atom. The van der Waals surface area contributed by atoms with Crippen molar-refractivity contribution in [2.75, 3.05) is 12.8 Å². The van der Waals surface area contributed by atoms with Crippen LogP contribution in [-0.4, -0.2) is 13.0 Å². The van der Waals surface area contributed by atoms with Crippen LogP contribution in [0.4, 0.5) is 5.69 Å². The molecule has 0 heterocycles. The fourth-order valence-corrected chi connectivity index (χ4v) is 2.68. The van der Waals surface area contributed by atoms with Crippen molar-refractivity contribution in [1.82, 2.24) is 5.32 Å². The molecule has 5 heteroatoms. The second-order valence-corrected chi connectivity index (χ2v) is 5.59. The van der Waals surface area contributed by atoms with Crippen molar-refractivity contribution in [3.05, 3.63) is 57.6 Å². The molecule has 4 nitrogen and oxygen atoms in total. The summed E-state index contributed by atoms with van der Waals surface area (Å²) in [6.07, 6.45) is 0. The van der Waals surface area contributed by atoms with Crippen molar-refractivity contribution < 1.29 is 9.53 Å². The van der Waals surface area contributed by atoms with E-state index in [0.717, 1.165) is 15.6 Å². The lowest BCUT2D eigenvalue weighted by atomic mass is 10.1. The molecule has 2 aromatic rings. The zero-order valence-electron chi connectivity index (χ0n) is 11.9. The monoisotopic (exact) mass is 348 g/mol. The number of halogens is 1. The Hall–Kier alpha value is -2.01. The molecule has 110 valence electrons. The molecule has 2 aromatic carbocycles. The smallest absolute Gasteiger partial charge is 0.252 e. The molecule has 0 aliphatic carbocycles. The predicted molar refractivity (Wildman–Crippen MR) is 87.5 cm³/mol. The normalized spacial score (nSPS) is 10.2. The first-order valence-electron chi connectivity index (χ1n) is 6.48. The van der Waals surface area contributed by atoms with Gasteiger partial charge in [-0.15, -0.1) is 0 Å². The van der Waals surface area contributed by atoms with E-state index in [1.807, 2.05) is 19.1 Å². The second kappa shape index (κ2) is 6.63. The molecule has 21 heavy (non-hydrogen) atoms. The Balaban J connectivity index is 2.12. The van der Waals surface area contributed by atoms with Crippen molar-refractivity contribution in [3.63, 3.8) is 0 Å². The maximum atomic E-state index is 12.2. The Bertz CT molecular complexity index is 671. The van der Waals surface area contributed by atoms with Crippen LogP contribution in [0.5, 0.6) is 5.75 Å². The van der Waals surface area contributed by atoms with Gasteiger partial charge in [-0.25, -0.2) is 0 Å². The molecule has 0 saturated carbocycles. The molecule has 0 bridgehead atoms. The van der Waals surface area contributed by atoms with Crippen LogP contribution in [0, 0.1) is 6.92 Å². The number of aryl methyl sites for hydroxylation is 1. The number of nitrogen functional groups attached to an aromatic ring is 1. The van der Waals surface area contributed by atoms with Gasteiger partial charge in [-0.1, -0.05) is 6.07 Å². The summed E-state index contributed by atoms with van der Waals surface area (Å²) in [6, 6.07) is 11.0. The van der Waals surface area contributed by atoms with Gasteiger partial charge in [-0.05, 0) is 58.7 Å². The Kier molecular flexibility index (Phi) is 4.85. The predicted octanol–water partition coefficient (Wildman–Crippen LogP) is 3.28. The number of carbonyl (C=O) groups is 1. The minimum absolute atomic E-state index is 0.147. The van der Waals surface area contributed by atoms with Crippen molar-refractivity contribution >= 4 is 27.5 Å². The molecular formula is C16H17BrN2O2. The fourth-order valence-electron chi connectivity index (χ4n) is 2.01. The summed E-state index contributed by atoms with van der Waals surface area (Å²) >= 11 is 3.41. The van der Waals surface area contributed by atoms with E-state index in [0.29, 0.717) is 23.5 Å². The number of nitrogens with two attached hydrogens (primary N) is 1. The van der Waals surface area contributed by atoms with E-state index >= 15 is 0 Å². The number of nitrogens with one attached hydrogen (secondary N) is 1. The van der Waals surface area contributed by atoms with Crippen molar-refractivity contribution in [1.29, 1.82) is 0 Å².